The average Bonchev–Trinajstić information content (AvgIpc) is 3.27. The number of carboxylic acids is 2. The lowest BCUT2D eigenvalue weighted by Crippen LogP contribution is -2.44. The lowest BCUT2D eigenvalue weighted by Gasteiger charge is -2.22. The van der Waals surface area contributed by atoms with Crippen molar-refractivity contribution in [2.45, 2.75) is 25.1 Å². The second-order valence-electron chi connectivity index (χ2n) is 6.73. The van der Waals surface area contributed by atoms with E-state index in [1.165, 1.54) is 18.2 Å². The fourth-order valence-corrected chi connectivity index (χ4v) is 4.51. The number of carbonyl (C=O) groups excluding carboxylic acids is 1. The van der Waals surface area contributed by atoms with Gasteiger partial charge in [-0.15, -0.1) is 0 Å². The summed E-state index contributed by atoms with van der Waals surface area (Å²) < 4.78 is 44.5. The molecule has 1 amide bonds. The first-order chi connectivity index (χ1) is 15.4. The van der Waals surface area contributed by atoms with Gasteiger partial charge in [0.25, 0.3) is 5.91 Å². The number of furan rings is 1. The first-order valence-corrected chi connectivity index (χ1v) is 10.7. The van der Waals surface area contributed by atoms with E-state index < -0.39 is 42.0 Å². The summed E-state index contributed by atoms with van der Waals surface area (Å²) in [6, 6.07) is 4.08. The number of halogens is 4. The van der Waals surface area contributed by atoms with Crippen LogP contribution in [0, 0.1) is 0 Å². The molecule has 1 atom stereocenters. The number of carbonyl (C=O) groups is 3. The normalized spacial score (nSPS) is 16.5. The first kappa shape index (κ1) is 24.8. The highest BCUT2D eigenvalue weighted by Crippen LogP contribution is 2.38. The molecule has 33 heavy (non-hydrogen) atoms. The number of amides is 1. The van der Waals surface area contributed by atoms with Crippen molar-refractivity contribution in [1.82, 2.24) is 4.90 Å². The predicted molar refractivity (Wildman–Crippen MR) is 117 cm³/mol. The number of thioether (sulfide) groups is 1. The highest BCUT2D eigenvalue weighted by molar-refractivity contribution is 8.26. The third-order valence-electron chi connectivity index (χ3n) is 4.51. The Morgan fingerprint density at radius 3 is 2.55 bits per heavy atom. The molecule has 13 heteroatoms. The van der Waals surface area contributed by atoms with Gasteiger partial charge in [-0.2, -0.15) is 13.2 Å². The Morgan fingerprint density at radius 1 is 1.24 bits per heavy atom. The van der Waals surface area contributed by atoms with Gasteiger partial charge in [0.15, 0.2) is 0 Å². The Hall–Kier alpha value is -2.83. The van der Waals surface area contributed by atoms with Crippen molar-refractivity contribution in [3.8, 4) is 11.3 Å². The van der Waals surface area contributed by atoms with Crippen LogP contribution >= 0.6 is 35.6 Å². The minimum atomic E-state index is -4.58. The zero-order chi connectivity index (χ0) is 24.5. The molecule has 1 fully saturated rings. The van der Waals surface area contributed by atoms with Gasteiger partial charge in [0.1, 0.15) is 21.9 Å². The van der Waals surface area contributed by atoms with E-state index in [1.807, 2.05) is 0 Å². The van der Waals surface area contributed by atoms with E-state index in [0.29, 0.717) is 0 Å². The van der Waals surface area contributed by atoms with Crippen molar-refractivity contribution in [2.24, 2.45) is 0 Å². The van der Waals surface area contributed by atoms with Crippen LogP contribution < -0.4 is 0 Å². The molecule has 0 aliphatic carbocycles. The smallest absolute Gasteiger partial charge is 0.416 e. The highest BCUT2D eigenvalue weighted by atomic mass is 35.5. The summed E-state index contributed by atoms with van der Waals surface area (Å²) in [5.41, 5.74) is -0.917. The predicted octanol–water partition coefficient (Wildman–Crippen LogP) is 5.14. The van der Waals surface area contributed by atoms with Gasteiger partial charge < -0.3 is 14.6 Å². The fraction of sp³-hybridized carbons (Fsp3) is 0.200. The minimum absolute atomic E-state index is 0.00157. The van der Waals surface area contributed by atoms with Crippen LogP contribution in [0.4, 0.5) is 13.2 Å². The Morgan fingerprint density at radius 2 is 1.94 bits per heavy atom. The van der Waals surface area contributed by atoms with Crippen LogP contribution in [0.25, 0.3) is 17.4 Å². The number of aliphatic carboxylic acids is 2. The second kappa shape index (κ2) is 9.57. The Kier molecular flexibility index (Phi) is 7.20. The summed E-state index contributed by atoms with van der Waals surface area (Å²) in [4.78, 5) is 35.9. The molecule has 3 rings (SSSR count). The summed E-state index contributed by atoms with van der Waals surface area (Å²) in [7, 11) is 0. The number of thiocarbonyl (C=S) groups is 1. The number of carboxylic acid groups (broad SMARTS) is 2. The van der Waals surface area contributed by atoms with Crippen LogP contribution in [-0.4, -0.2) is 43.3 Å². The van der Waals surface area contributed by atoms with Crippen LogP contribution in [0.5, 0.6) is 0 Å². The molecule has 2 N–H and O–H groups in total. The third-order valence-corrected chi connectivity index (χ3v) is 6.17. The molecule has 0 spiro atoms. The molecule has 1 aromatic carbocycles. The molecule has 1 saturated heterocycles. The zero-order valence-corrected chi connectivity index (χ0v) is 18.6. The molecule has 0 radical (unpaired) electrons. The fourth-order valence-electron chi connectivity index (χ4n) is 2.97. The molecule has 1 unspecified atom stereocenters. The number of benzene rings is 1. The van der Waals surface area contributed by atoms with Crippen molar-refractivity contribution in [2.75, 3.05) is 0 Å². The highest BCUT2D eigenvalue weighted by Gasteiger charge is 2.40. The molecular formula is C20H13ClF3NO6S2. The van der Waals surface area contributed by atoms with E-state index in [4.69, 9.17) is 33.3 Å². The number of rotatable bonds is 7. The summed E-state index contributed by atoms with van der Waals surface area (Å²) in [6.45, 7) is 0. The van der Waals surface area contributed by atoms with Gasteiger partial charge >= 0.3 is 18.1 Å². The Bertz CT molecular complexity index is 1180. The van der Waals surface area contributed by atoms with Crippen LogP contribution in [0.3, 0.4) is 0 Å². The van der Waals surface area contributed by atoms with E-state index in [1.54, 1.807) is 0 Å². The van der Waals surface area contributed by atoms with Crippen molar-refractivity contribution in [3.63, 3.8) is 0 Å². The van der Waals surface area contributed by atoms with Gasteiger partial charge in [-0.3, -0.25) is 14.5 Å². The second-order valence-corrected chi connectivity index (χ2v) is 8.82. The van der Waals surface area contributed by atoms with Crippen molar-refractivity contribution in [3.05, 3.63) is 51.6 Å². The van der Waals surface area contributed by atoms with E-state index >= 15 is 0 Å². The molecule has 1 aromatic heterocycles. The third kappa shape index (κ3) is 5.57. The zero-order valence-electron chi connectivity index (χ0n) is 16.3. The molecule has 174 valence electrons. The largest absolute Gasteiger partial charge is 0.481 e. The lowest BCUT2D eigenvalue weighted by atomic mass is 10.1. The Labute approximate surface area is 198 Å². The molecule has 2 aromatic rings. The standard InChI is InChI=1S/C20H13ClF3NO6S2/c21-12-3-1-9(20(22,23)24)7-11(12)14-5-2-10(31-14)8-15-17(28)25(19(32)33-15)13(18(29)30)4-6-16(26)27/h1-3,5,7-8,13H,4,6H2,(H,26,27)(H,29,30)/b15-8-. The van der Waals surface area contributed by atoms with E-state index in [9.17, 15) is 32.7 Å². The van der Waals surface area contributed by atoms with Crippen LogP contribution in [0.2, 0.25) is 5.02 Å². The molecule has 7 nitrogen and oxygen atoms in total. The maximum Gasteiger partial charge on any atom is 0.416 e. The molecule has 2 heterocycles. The maximum absolute atomic E-state index is 13.0. The van der Waals surface area contributed by atoms with Crippen LogP contribution in [0.1, 0.15) is 24.2 Å². The van der Waals surface area contributed by atoms with Gasteiger partial charge in [-0.1, -0.05) is 35.6 Å². The summed E-state index contributed by atoms with van der Waals surface area (Å²) >= 11 is 11.9. The van der Waals surface area contributed by atoms with Gasteiger partial charge in [-0.05, 0) is 36.8 Å². The van der Waals surface area contributed by atoms with Gasteiger partial charge in [0.2, 0.25) is 0 Å². The first-order valence-electron chi connectivity index (χ1n) is 9.07. The van der Waals surface area contributed by atoms with Crippen molar-refractivity contribution >= 4 is 63.8 Å². The van der Waals surface area contributed by atoms with E-state index in [-0.39, 0.29) is 37.8 Å². The Balaban J connectivity index is 1.87. The van der Waals surface area contributed by atoms with E-state index in [2.05, 4.69) is 0 Å². The number of nitrogens with zero attached hydrogens (tertiary/aromatic N) is 1. The summed E-state index contributed by atoms with van der Waals surface area (Å²) in [5, 5.41) is 18.2. The van der Waals surface area contributed by atoms with E-state index in [0.717, 1.165) is 34.9 Å². The summed E-state index contributed by atoms with van der Waals surface area (Å²) in [5.74, 6) is -3.26. The number of hydrogen-bond acceptors (Lipinski definition) is 6. The topological polar surface area (TPSA) is 108 Å². The lowest BCUT2D eigenvalue weighted by molar-refractivity contribution is -0.146. The molecule has 0 bridgehead atoms. The van der Waals surface area contributed by atoms with Crippen molar-refractivity contribution in [1.29, 1.82) is 0 Å². The van der Waals surface area contributed by atoms with Crippen molar-refractivity contribution < 1.29 is 42.2 Å². The average molecular weight is 520 g/mol. The monoisotopic (exact) mass is 519 g/mol. The molecule has 1 aliphatic rings. The van der Waals surface area contributed by atoms with Gasteiger partial charge in [-0.25, -0.2) is 4.79 Å². The maximum atomic E-state index is 13.0. The van der Waals surface area contributed by atoms with Crippen LogP contribution in [0.15, 0.2) is 39.7 Å². The molecule has 1 aliphatic heterocycles. The minimum Gasteiger partial charge on any atom is -0.481 e. The quantitative estimate of drug-likeness (QED) is 0.382. The SMILES string of the molecule is O=C(O)CCC(C(=O)O)N1C(=O)/C(=C/c2ccc(-c3cc(C(F)(F)F)ccc3Cl)o2)SC1=S. The number of hydrogen-bond donors (Lipinski definition) is 2. The van der Waals surface area contributed by atoms with Gasteiger partial charge in [0.05, 0.1) is 15.5 Å². The van der Waals surface area contributed by atoms with Gasteiger partial charge in [0, 0.05) is 18.1 Å². The number of alkyl halides is 3. The summed E-state index contributed by atoms with van der Waals surface area (Å²) in [6.07, 6.45) is -4.14. The molecule has 0 saturated carbocycles. The molecular weight excluding hydrogens is 507 g/mol. The van der Waals surface area contributed by atoms with Crippen LogP contribution in [-0.2, 0) is 20.6 Å².